The van der Waals surface area contributed by atoms with Gasteiger partial charge in [0.1, 0.15) is 5.00 Å². The molecule has 0 aliphatic carbocycles. The Hall–Kier alpha value is -1.48. The Kier molecular flexibility index (Phi) is 5.96. The summed E-state index contributed by atoms with van der Waals surface area (Å²) in [7, 11) is 0. The lowest BCUT2D eigenvalue weighted by Gasteiger charge is -2.34. The fourth-order valence-electron chi connectivity index (χ4n) is 3.51. The van der Waals surface area contributed by atoms with Gasteiger partial charge in [-0.15, -0.1) is 11.3 Å². The molecular formula is C18H27N2O5S+. The van der Waals surface area contributed by atoms with Crippen molar-refractivity contribution in [3.63, 3.8) is 0 Å². The summed E-state index contributed by atoms with van der Waals surface area (Å²) in [6.45, 7) is 9.25. The van der Waals surface area contributed by atoms with E-state index in [4.69, 9.17) is 14.2 Å². The Balaban J connectivity index is 1.58. The quantitative estimate of drug-likeness (QED) is 0.739. The number of carbonyl (C=O) groups excluding carboxylic acids is 2. The molecule has 0 aromatic carbocycles. The Morgan fingerprint density at radius 3 is 2.50 bits per heavy atom. The molecule has 2 N–H and O–H groups in total. The fraction of sp³-hybridized carbons (Fsp3) is 0.667. The molecular weight excluding hydrogens is 356 g/mol. The average molecular weight is 383 g/mol. The number of piperidine rings is 1. The predicted molar refractivity (Wildman–Crippen MR) is 97.8 cm³/mol. The number of aryl methyl sites for hydroxylation is 1. The monoisotopic (exact) mass is 383 g/mol. The van der Waals surface area contributed by atoms with Crippen LogP contribution in [0.2, 0.25) is 0 Å². The minimum atomic E-state index is -0.418. The number of anilines is 1. The first-order valence-corrected chi connectivity index (χ1v) is 9.94. The smallest absolute Gasteiger partial charge is 0.341 e. The molecule has 3 rings (SSSR count). The lowest BCUT2D eigenvalue weighted by Crippen LogP contribution is -3.14. The van der Waals surface area contributed by atoms with E-state index in [0.717, 1.165) is 36.4 Å². The van der Waals surface area contributed by atoms with Crippen LogP contribution in [0.3, 0.4) is 0 Å². The summed E-state index contributed by atoms with van der Waals surface area (Å²) in [5.41, 5.74) is 1.34. The van der Waals surface area contributed by atoms with Gasteiger partial charge in [0, 0.05) is 4.88 Å². The summed E-state index contributed by atoms with van der Waals surface area (Å²) in [6.07, 6.45) is 1.61. The maximum absolute atomic E-state index is 12.5. The highest BCUT2D eigenvalue weighted by molar-refractivity contribution is 7.16. The van der Waals surface area contributed by atoms with Crippen LogP contribution in [0.4, 0.5) is 5.00 Å². The third-order valence-electron chi connectivity index (χ3n) is 5.06. The molecule has 1 aromatic heterocycles. The summed E-state index contributed by atoms with van der Waals surface area (Å²) in [6, 6.07) is 0. The average Bonchev–Trinajstić information content (AvgIpc) is 3.16. The van der Waals surface area contributed by atoms with Gasteiger partial charge in [0.2, 0.25) is 0 Å². The molecule has 3 heterocycles. The van der Waals surface area contributed by atoms with E-state index in [-0.39, 0.29) is 11.9 Å². The van der Waals surface area contributed by atoms with Crippen molar-refractivity contribution in [2.24, 2.45) is 0 Å². The number of amides is 1. The van der Waals surface area contributed by atoms with Crippen molar-refractivity contribution in [2.45, 2.75) is 39.4 Å². The Morgan fingerprint density at radius 2 is 1.88 bits per heavy atom. The molecule has 1 spiro atoms. The summed E-state index contributed by atoms with van der Waals surface area (Å²) in [5, 5.41) is 3.50. The number of nitrogens with one attached hydrogen (secondary N) is 2. The SMILES string of the molecule is CCOC(=O)c1c(NC(=O)C[NH+]2CCC3(CC2)OCCO3)sc(C)c1C. The zero-order valence-corrected chi connectivity index (χ0v) is 16.4. The van der Waals surface area contributed by atoms with Gasteiger partial charge in [0.15, 0.2) is 12.3 Å². The number of hydrogen-bond acceptors (Lipinski definition) is 6. The van der Waals surface area contributed by atoms with E-state index in [1.807, 2.05) is 13.8 Å². The van der Waals surface area contributed by atoms with Crippen LogP contribution < -0.4 is 10.2 Å². The van der Waals surface area contributed by atoms with E-state index >= 15 is 0 Å². The van der Waals surface area contributed by atoms with E-state index in [9.17, 15) is 9.59 Å². The second kappa shape index (κ2) is 8.04. The van der Waals surface area contributed by atoms with Gasteiger partial charge in [0.25, 0.3) is 5.91 Å². The van der Waals surface area contributed by atoms with Crippen molar-refractivity contribution in [3.05, 3.63) is 16.0 Å². The number of rotatable bonds is 5. The number of esters is 1. The molecule has 0 atom stereocenters. The van der Waals surface area contributed by atoms with Crippen LogP contribution in [0, 0.1) is 13.8 Å². The number of thiophene rings is 1. The third-order valence-corrected chi connectivity index (χ3v) is 6.18. The van der Waals surface area contributed by atoms with Gasteiger partial charge in [0.05, 0.1) is 51.3 Å². The van der Waals surface area contributed by atoms with Crippen molar-refractivity contribution in [1.29, 1.82) is 0 Å². The maximum atomic E-state index is 12.5. The zero-order valence-electron chi connectivity index (χ0n) is 15.6. The van der Waals surface area contributed by atoms with Crippen LogP contribution in [0.1, 0.15) is 40.6 Å². The van der Waals surface area contributed by atoms with Crippen LogP contribution in [-0.4, -0.2) is 57.1 Å². The molecule has 2 aliphatic rings. The number of hydrogen-bond donors (Lipinski definition) is 2. The standard InChI is InChI=1S/C18H26N2O5S/c1-4-23-17(22)15-12(2)13(3)26-16(15)19-14(21)11-20-7-5-18(6-8-20)24-9-10-25-18/h4-11H2,1-3H3,(H,19,21)/p+1. The van der Waals surface area contributed by atoms with Crippen molar-refractivity contribution in [3.8, 4) is 0 Å². The van der Waals surface area contributed by atoms with Gasteiger partial charge in [-0.1, -0.05) is 0 Å². The van der Waals surface area contributed by atoms with E-state index < -0.39 is 5.79 Å². The second-order valence-electron chi connectivity index (χ2n) is 6.79. The van der Waals surface area contributed by atoms with E-state index in [2.05, 4.69) is 5.32 Å². The lowest BCUT2D eigenvalue weighted by molar-refractivity contribution is -0.900. The molecule has 0 bridgehead atoms. The van der Waals surface area contributed by atoms with Crippen molar-refractivity contribution < 1.29 is 28.7 Å². The van der Waals surface area contributed by atoms with Crippen molar-refractivity contribution in [1.82, 2.24) is 0 Å². The molecule has 0 radical (unpaired) electrons. The van der Waals surface area contributed by atoms with Gasteiger partial charge in [-0.2, -0.15) is 0 Å². The topological polar surface area (TPSA) is 78.3 Å². The van der Waals surface area contributed by atoms with Gasteiger partial charge in [-0.05, 0) is 26.3 Å². The molecule has 2 aliphatic heterocycles. The summed E-state index contributed by atoms with van der Waals surface area (Å²) >= 11 is 1.42. The largest absolute Gasteiger partial charge is 0.462 e. The molecule has 0 unspecified atom stereocenters. The summed E-state index contributed by atoms with van der Waals surface area (Å²) in [4.78, 5) is 26.9. The normalized spacial score (nSPS) is 19.7. The number of ether oxygens (including phenoxy) is 3. The van der Waals surface area contributed by atoms with Gasteiger partial charge in [-0.3, -0.25) is 4.79 Å². The Labute approximate surface area is 157 Å². The number of carbonyl (C=O) groups is 2. The van der Waals surface area contributed by atoms with Crippen LogP contribution in [0.15, 0.2) is 0 Å². The van der Waals surface area contributed by atoms with Crippen LogP contribution in [0.25, 0.3) is 0 Å². The highest BCUT2D eigenvalue weighted by Gasteiger charge is 2.42. The van der Waals surface area contributed by atoms with Crippen LogP contribution >= 0.6 is 11.3 Å². The van der Waals surface area contributed by atoms with Gasteiger partial charge in [-0.25, -0.2) is 4.79 Å². The Morgan fingerprint density at radius 1 is 1.23 bits per heavy atom. The van der Waals surface area contributed by atoms with Crippen molar-refractivity contribution >= 4 is 28.2 Å². The van der Waals surface area contributed by atoms with Crippen LogP contribution in [0.5, 0.6) is 0 Å². The van der Waals surface area contributed by atoms with E-state index in [1.54, 1.807) is 6.92 Å². The van der Waals surface area contributed by atoms with E-state index in [0.29, 0.717) is 36.9 Å². The zero-order chi connectivity index (χ0) is 18.7. The minimum absolute atomic E-state index is 0.0870. The van der Waals surface area contributed by atoms with E-state index in [1.165, 1.54) is 16.2 Å². The lowest BCUT2D eigenvalue weighted by atomic mass is 10.0. The summed E-state index contributed by atoms with van der Waals surface area (Å²) in [5.74, 6) is -0.887. The summed E-state index contributed by atoms with van der Waals surface area (Å²) < 4.78 is 16.6. The molecule has 8 heteroatoms. The fourth-order valence-corrected chi connectivity index (χ4v) is 4.57. The first kappa shape index (κ1) is 19.3. The third kappa shape index (κ3) is 4.09. The molecule has 1 amide bonds. The molecule has 2 saturated heterocycles. The molecule has 2 fully saturated rings. The maximum Gasteiger partial charge on any atom is 0.341 e. The molecule has 26 heavy (non-hydrogen) atoms. The molecule has 0 saturated carbocycles. The van der Waals surface area contributed by atoms with Crippen LogP contribution in [-0.2, 0) is 19.0 Å². The highest BCUT2D eigenvalue weighted by atomic mass is 32.1. The van der Waals surface area contributed by atoms with Gasteiger partial charge >= 0.3 is 5.97 Å². The first-order valence-electron chi connectivity index (χ1n) is 9.12. The highest BCUT2D eigenvalue weighted by Crippen LogP contribution is 2.33. The number of quaternary nitrogens is 1. The molecule has 1 aromatic rings. The van der Waals surface area contributed by atoms with Crippen molar-refractivity contribution in [2.75, 3.05) is 44.8 Å². The predicted octanol–water partition coefficient (Wildman–Crippen LogP) is 0.902. The first-order chi connectivity index (χ1) is 12.4. The minimum Gasteiger partial charge on any atom is -0.462 e. The van der Waals surface area contributed by atoms with Gasteiger partial charge < -0.3 is 24.4 Å². The molecule has 144 valence electrons. The molecule has 7 nitrogen and oxygen atoms in total. The Bertz CT molecular complexity index is 671. The second-order valence-corrected chi connectivity index (χ2v) is 8.02. The number of likely N-dealkylation sites (tertiary alicyclic amines) is 1.